The Kier molecular flexibility index (Phi) is 7.40. The second-order valence-corrected chi connectivity index (χ2v) is 5.92. The number of benzene rings is 2. The maximum absolute atomic E-state index is 12.1. The van der Waals surface area contributed by atoms with E-state index < -0.39 is 11.8 Å². The number of Topliss-reactive ketones (excluding diaryl/α,β-unsaturated/α-hetero) is 1. The highest BCUT2D eigenvalue weighted by molar-refractivity contribution is 7.80. The number of hydrazine groups is 1. The number of rotatable bonds is 6. The Balaban J connectivity index is 0.000000331. The van der Waals surface area contributed by atoms with Gasteiger partial charge in [-0.1, -0.05) is 54.6 Å². The fraction of sp³-hybridized carbons (Fsp3) is 0.211. The lowest BCUT2D eigenvalue weighted by Crippen LogP contribution is -2.48. The molecule has 0 aromatic heterocycles. The van der Waals surface area contributed by atoms with E-state index >= 15 is 0 Å². The van der Waals surface area contributed by atoms with Gasteiger partial charge in [0, 0.05) is 5.56 Å². The molecule has 1 aromatic carbocycles. The molecule has 1 amide bonds. The molecule has 0 fully saturated rings. The number of ketones is 1. The van der Waals surface area contributed by atoms with E-state index in [0.29, 0.717) is 12.2 Å². The number of carbonyl (C=O) groups excluding carboxylic acids is 2. The highest BCUT2D eigenvalue weighted by Crippen LogP contribution is 2.29. The summed E-state index contributed by atoms with van der Waals surface area (Å²) in [6.07, 6.45) is 0. The van der Waals surface area contributed by atoms with Gasteiger partial charge in [-0.3, -0.25) is 19.9 Å². The molecule has 6 nitrogen and oxygen atoms in total. The molecule has 0 bridgehead atoms. The Morgan fingerprint density at radius 3 is 2.08 bits per heavy atom. The van der Waals surface area contributed by atoms with Gasteiger partial charge in [-0.2, -0.15) is 0 Å². The first kappa shape index (κ1) is 19.7. The molecule has 0 spiro atoms. The Hall–Kier alpha value is -2.61. The maximum atomic E-state index is 12.1. The number of fused-ring (bicyclic) bond motifs is 1. The average Bonchev–Trinajstić information content (AvgIpc) is 2.64. The van der Waals surface area contributed by atoms with Crippen molar-refractivity contribution in [3.63, 3.8) is 0 Å². The molecular formula is C19H21N3O3S. The summed E-state index contributed by atoms with van der Waals surface area (Å²) in [6, 6.07) is 17.1. The molecule has 0 aliphatic heterocycles. The molecular weight excluding hydrogens is 350 g/mol. The van der Waals surface area contributed by atoms with Crippen LogP contribution in [0.15, 0.2) is 54.6 Å². The van der Waals surface area contributed by atoms with Crippen LogP contribution in [-0.2, 0) is 9.63 Å². The van der Waals surface area contributed by atoms with Gasteiger partial charge in [0.25, 0.3) is 0 Å². The first-order valence-corrected chi connectivity index (χ1v) is 8.61. The minimum atomic E-state index is -0.829. The molecule has 3 N–H and O–H groups in total. The Bertz CT molecular complexity index is 742. The molecule has 3 rings (SSSR count). The summed E-state index contributed by atoms with van der Waals surface area (Å²) in [6.45, 7) is 3.76. The van der Waals surface area contributed by atoms with Gasteiger partial charge in [-0.25, -0.2) is 0 Å². The molecule has 7 heteroatoms. The lowest BCUT2D eigenvalue weighted by molar-refractivity contribution is -0.121. The van der Waals surface area contributed by atoms with Gasteiger partial charge in [-0.15, -0.1) is 5.59 Å². The molecule has 136 valence electrons. The molecule has 0 saturated carbocycles. The van der Waals surface area contributed by atoms with Crippen LogP contribution < -0.4 is 16.3 Å². The summed E-state index contributed by atoms with van der Waals surface area (Å²) >= 11 is 4.87. The van der Waals surface area contributed by atoms with Crippen molar-refractivity contribution in [1.29, 1.82) is 0 Å². The summed E-state index contributed by atoms with van der Waals surface area (Å²) < 4.78 is 0. The third-order valence-corrected chi connectivity index (χ3v) is 3.89. The van der Waals surface area contributed by atoms with Crippen molar-refractivity contribution in [3.05, 3.63) is 60.2 Å². The van der Waals surface area contributed by atoms with Crippen LogP contribution in [-0.4, -0.2) is 23.4 Å². The van der Waals surface area contributed by atoms with Crippen molar-refractivity contribution in [2.24, 2.45) is 5.92 Å². The van der Waals surface area contributed by atoms with E-state index in [2.05, 4.69) is 40.6 Å². The fourth-order valence-electron chi connectivity index (χ4n) is 2.04. The quantitative estimate of drug-likeness (QED) is 0.203. The predicted octanol–water partition coefficient (Wildman–Crippen LogP) is 2.62. The summed E-state index contributed by atoms with van der Waals surface area (Å²) in [5.41, 5.74) is 8.15. The number of hydrogen-bond donors (Lipinski definition) is 3. The predicted molar refractivity (Wildman–Crippen MR) is 104 cm³/mol. The summed E-state index contributed by atoms with van der Waals surface area (Å²) in [4.78, 5) is 28.7. The van der Waals surface area contributed by atoms with Crippen molar-refractivity contribution in [3.8, 4) is 11.1 Å². The number of carbonyl (C=O) groups is 2. The zero-order valence-corrected chi connectivity index (χ0v) is 15.4. The van der Waals surface area contributed by atoms with E-state index in [1.54, 1.807) is 37.3 Å². The van der Waals surface area contributed by atoms with Crippen LogP contribution in [0.4, 0.5) is 0 Å². The van der Waals surface area contributed by atoms with Gasteiger partial charge >= 0.3 is 0 Å². The Morgan fingerprint density at radius 1 is 1.04 bits per heavy atom. The largest absolute Gasteiger partial charge is 0.301 e. The van der Waals surface area contributed by atoms with E-state index in [1.165, 1.54) is 18.1 Å². The molecule has 1 atom stereocenters. The van der Waals surface area contributed by atoms with Gasteiger partial charge in [0.15, 0.2) is 10.9 Å². The van der Waals surface area contributed by atoms with E-state index in [-0.39, 0.29) is 10.9 Å². The number of thiocarbonyl (C=S) groups is 1. The zero-order valence-electron chi connectivity index (χ0n) is 14.6. The lowest BCUT2D eigenvalue weighted by atomic mass is 9.95. The van der Waals surface area contributed by atoms with Crippen molar-refractivity contribution < 1.29 is 14.4 Å². The van der Waals surface area contributed by atoms with Crippen molar-refractivity contribution >= 4 is 29.0 Å². The number of amides is 1. The second-order valence-electron chi connectivity index (χ2n) is 5.51. The molecule has 1 aromatic rings. The van der Waals surface area contributed by atoms with Gasteiger partial charge in [-0.05, 0) is 37.2 Å². The molecule has 26 heavy (non-hydrogen) atoms. The van der Waals surface area contributed by atoms with E-state index in [0.717, 1.165) is 0 Å². The van der Waals surface area contributed by atoms with Crippen LogP contribution in [0.25, 0.3) is 11.1 Å². The molecule has 2 aliphatic rings. The van der Waals surface area contributed by atoms with Gasteiger partial charge in [0.1, 0.15) is 0 Å². The minimum Gasteiger partial charge on any atom is -0.301 e. The van der Waals surface area contributed by atoms with Crippen LogP contribution in [0.2, 0.25) is 0 Å². The minimum absolute atomic E-state index is 0.0381. The van der Waals surface area contributed by atoms with Crippen molar-refractivity contribution in [2.45, 2.75) is 13.8 Å². The molecule has 0 saturated heterocycles. The Morgan fingerprint density at radius 2 is 1.62 bits per heavy atom. The Labute approximate surface area is 157 Å². The summed E-state index contributed by atoms with van der Waals surface area (Å²) in [5.74, 6) is -1.57. The first-order valence-electron chi connectivity index (χ1n) is 8.20. The summed E-state index contributed by atoms with van der Waals surface area (Å²) in [7, 11) is 0. The van der Waals surface area contributed by atoms with Gasteiger partial charge in [0.2, 0.25) is 5.91 Å². The second kappa shape index (κ2) is 9.76. The molecule has 2 aliphatic carbocycles. The third-order valence-electron chi connectivity index (χ3n) is 3.68. The third kappa shape index (κ3) is 5.45. The highest BCUT2D eigenvalue weighted by atomic mass is 32.1. The summed E-state index contributed by atoms with van der Waals surface area (Å²) in [5, 5.41) is 2.45. The van der Waals surface area contributed by atoms with Crippen LogP contribution in [0, 0.1) is 5.92 Å². The highest BCUT2D eigenvalue weighted by Gasteiger charge is 2.23. The van der Waals surface area contributed by atoms with E-state index in [1.807, 2.05) is 0 Å². The van der Waals surface area contributed by atoms with Gasteiger partial charge < -0.3 is 5.32 Å². The van der Waals surface area contributed by atoms with Crippen molar-refractivity contribution in [1.82, 2.24) is 16.3 Å². The maximum Gasteiger partial charge on any atom is 0.236 e. The van der Waals surface area contributed by atoms with Crippen LogP contribution in [0.1, 0.15) is 24.2 Å². The van der Waals surface area contributed by atoms with E-state index in [4.69, 9.17) is 17.1 Å². The van der Waals surface area contributed by atoms with Crippen molar-refractivity contribution in [2.75, 3.05) is 6.61 Å². The number of hydrogen-bond acceptors (Lipinski definition) is 5. The van der Waals surface area contributed by atoms with Gasteiger partial charge in [0.05, 0.1) is 12.5 Å². The zero-order chi connectivity index (χ0) is 18.9. The average molecular weight is 371 g/mol. The van der Waals surface area contributed by atoms with Crippen LogP contribution >= 0.6 is 12.2 Å². The molecule has 0 heterocycles. The SMILES string of the molecule is CCONNC(=S)NC(=O)C(C)C(=O)c1ccccc1.c1cc2ccc1-2. The van der Waals surface area contributed by atoms with Crippen LogP contribution in [0.3, 0.4) is 0 Å². The monoisotopic (exact) mass is 371 g/mol. The molecule has 0 radical (unpaired) electrons. The topological polar surface area (TPSA) is 79.5 Å². The normalized spacial score (nSPS) is 11.5. The standard InChI is InChI=1S/C13H17N3O3S.C6H4/c1-3-19-16-15-13(20)14-12(18)9(2)11(17)10-7-5-4-6-8-10;1-2-6-4-3-5(1)6/h4-9,16H,3H2,1-2H3,(H2,14,15,18,20);1-4H. The number of nitrogens with one attached hydrogen (secondary N) is 3. The smallest absolute Gasteiger partial charge is 0.236 e. The molecule has 1 unspecified atom stereocenters. The fourth-order valence-corrected chi connectivity index (χ4v) is 2.18. The lowest BCUT2D eigenvalue weighted by Gasteiger charge is -2.13. The first-order chi connectivity index (χ1) is 12.5. The van der Waals surface area contributed by atoms with Crippen LogP contribution in [0.5, 0.6) is 0 Å². The van der Waals surface area contributed by atoms with E-state index in [9.17, 15) is 9.59 Å².